The molecule has 1 aliphatic rings. The summed E-state index contributed by atoms with van der Waals surface area (Å²) in [6.07, 6.45) is 6.09. The van der Waals surface area contributed by atoms with Gasteiger partial charge < -0.3 is 5.11 Å². The normalized spacial score (nSPS) is 32.1. The van der Waals surface area contributed by atoms with Crippen LogP contribution in [-0.4, -0.2) is 11.2 Å². The third kappa shape index (κ3) is 2.98. The zero-order chi connectivity index (χ0) is 9.84. The highest BCUT2D eigenvalue weighted by atomic mass is 16.3. The molecule has 1 aliphatic carbocycles. The summed E-state index contributed by atoms with van der Waals surface area (Å²) in [6.45, 7) is 6.71. The van der Waals surface area contributed by atoms with Gasteiger partial charge >= 0.3 is 0 Å². The monoisotopic (exact) mass is 184 g/mol. The van der Waals surface area contributed by atoms with Gasteiger partial charge in [0, 0.05) is 0 Å². The van der Waals surface area contributed by atoms with Crippen LogP contribution in [-0.2, 0) is 0 Å². The van der Waals surface area contributed by atoms with Gasteiger partial charge in [0.2, 0.25) is 0 Å². The summed E-state index contributed by atoms with van der Waals surface area (Å²) < 4.78 is 0. The van der Waals surface area contributed by atoms with E-state index in [0.717, 1.165) is 18.3 Å². The van der Waals surface area contributed by atoms with Crippen LogP contribution < -0.4 is 0 Å². The minimum atomic E-state index is -0.0402. The predicted octanol–water partition coefficient (Wildman–Crippen LogP) is 3.22. The average Bonchev–Trinajstić information content (AvgIpc) is 2.17. The summed E-state index contributed by atoms with van der Waals surface area (Å²) in [5.41, 5.74) is 0. The molecule has 0 spiro atoms. The van der Waals surface area contributed by atoms with Crippen molar-refractivity contribution < 1.29 is 5.11 Å². The van der Waals surface area contributed by atoms with Gasteiger partial charge in [0.25, 0.3) is 0 Å². The molecule has 1 N–H and O–H groups in total. The number of aliphatic hydroxyl groups is 1. The van der Waals surface area contributed by atoms with Crippen LogP contribution in [0.4, 0.5) is 0 Å². The summed E-state index contributed by atoms with van der Waals surface area (Å²) in [5, 5.41) is 9.78. The Morgan fingerprint density at radius 1 is 1.23 bits per heavy atom. The zero-order valence-electron chi connectivity index (χ0n) is 9.29. The van der Waals surface area contributed by atoms with Crippen molar-refractivity contribution in [3.05, 3.63) is 0 Å². The lowest BCUT2D eigenvalue weighted by Gasteiger charge is -2.33. The van der Waals surface area contributed by atoms with Gasteiger partial charge in [-0.25, -0.2) is 0 Å². The fourth-order valence-corrected chi connectivity index (χ4v) is 2.56. The molecule has 0 heterocycles. The quantitative estimate of drug-likeness (QED) is 0.714. The van der Waals surface area contributed by atoms with Crippen LogP contribution in [0.1, 0.15) is 52.9 Å². The number of rotatable bonds is 3. The molecule has 1 saturated carbocycles. The molecular weight excluding hydrogens is 160 g/mol. The molecule has 1 heteroatoms. The van der Waals surface area contributed by atoms with Gasteiger partial charge in [-0.3, -0.25) is 0 Å². The lowest BCUT2D eigenvalue weighted by molar-refractivity contribution is 0.0575. The topological polar surface area (TPSA) is 20.2 Å². The molecule has 0 aromatic rings. The summed E-state index contributed by atoms with van der Waals surface area (Å²) >= 11 is 0. The summed E-state index contributed by atoms with van der Waals surface area (Å²) in [6, 6.07) is 0. The maximum Gasteiger partial charge on any atom is 0.0565 e. The molecular formula is C12H24O. The van der Waals surface area contributed by atoms with Gasteiger partial charge in [0.1, 0.15) is 0 Å². The Labute approximate surface area is 82.5 Å². The van der Waals surface area contributed by atoms with Crippen molar-refractivity contribution in [1.29, 1.82) is 0 Å². The summed E-state index contributed by atoms with van der Waals surface area (Å²) in [4.78, 5) is 0. The Morgan fingerprint density at radius 2 is 1.85 bits per heavy atom. The highest BCUT2D eigenvalue weighted by molar-refractivity contribution is 4.78. The zero-order valence-corrected chi connectivity index (χ0v) is 9.29. The van der Waals surface area contributed by atoms with E-state index in [0.29, 0.717) is 5.92 Å². The van der Waals surface area contributed by atoms with E-state index in [4.69, 9.17) is 0 Å². The van der Waals surface area contributed by atoms with Crippen LogP contribution in [0.15, 0.2) is 0 Å². The van der Waals surface area contributed by atoms with Gasteiger partial charge in [-0.1, -0.05) is 33.6 Å². The lowest BCUT2D eigenvalue weighted by Crippen LogP contribution is -2.28. The molecule has 0 saturated heterocycles. The van der Waals surface area contributed by atoms with Crippen LogP contribution in [0.2, 0.25) is 0 Å². The van der Waals surface area contributed by atoms with Gasteiger partial charge in [0.05, 0.1) is 6.10 Å². The van der Waals surface area contributed by atoms with Crippen molar-refractivity contribution >= 4 is 0 Å². The first-order chi connectivity index (χ1) is 6.15. The molecule has 3 atom stereocenters. The van der Waals surface area contributed by atoms with Gasteiger partial charge in [-0.2, -0.15) is 0 Å². The molecule has 1 fully saturated rings. The number of hydrogen-bond acceptors (Lipinski definition) is 1. The summed E-state index contributed by atoms with van der Waals surface area (Å²) in [7, 11) is 0. The van der Waals surface area contributed by atoms with Crippen molar-refractivity contribution in [1.82, 2.24) is 0 Å². The van der Waals surface area contributed by atoms with Crippen LogP contribution >= 0.6 is 0 Å². The Balaban J connectivity index is 2.41. The highest BCUT2D eigenvalue weighted by Gasteiger charge is 2.27. The molecule has 0 aromatic heterocycles. The maximum atomic E-state index is 9.78. The minimum Gasteiger partial charge on any atom is -0.393 e. The molecule has 1 nitrogen and oxygen atoms in total. The number of hydrogen-bond donors (Lipinski definition) is 1. The van der Waals surface area contributed by atoms with E-state index in [-0.39, 0.29) is 6.10 Å². The Hall–Kier alpha value is -0.0400. The minimum absolute atomic E-state index is 0.0402. The molecule has 0 aliphatic heterocycles. The lowest BCUT2D eigenvalue weighted by atomic mass is 9.74. The van der Waals surface area contributed by atoms with Gasteiger partial charge in [-0.15, -0.1) is 0 Å². The smallest absolute Gasteiger partial charge is 0.0565 e. The highest BCUT2D eigenvalue weighted by Crippen LogP contribution is 2.35. The van der Waals surface area contributed by atoms with E-state index in [9.17, 15) is 5.11 Å². The standard InChI is InChI=1S/C12H24O/c1-4-12(13)11-7-5-6-10(8-11)9(2)3/h9-13H,4-8H2,1-3H3. The second-order valence-electron chi connectivity index (χ2n) is 4.91. The van der Waals surface area contributed by atoms with Crippen LogP contribution in [0.3, 0.4) is 0 Å². The molecule has 13 heavy (non-hydrogen) atoms. The number of aliphatic hydroxyl groups excluding tert-OH is 1. The first kappa shape index (κ1) is 11.0. The molecule has 3 unspecified atom stereocenters. The van der Waals surface area contributed by atoms with E-state index in [1.54, 1.807) is 0 Å². The van der Waals surface area contributed by atoms with Crippen molar-refractivity contribution in [3.63, 3.8) is 0 Å². The molecule has 78 valence electrons. The second-order valence-corrected chi connectivity index (χ2v) is 4.91. The van der Waals surface area contributed by atoms with E-state index < -0.39 is 0 Å². The molecule has 0 radical (unpaired) electrons. The van der Waals surface area contributed by atoms with Crippen molar-refractivity contribution in [2.45, 2.75) is 59.0 Å². The van der Waals surface area contributed by atoms with Crippen molar-refractivity contribution in [2.24, 2.45) is 17.8 Å². The molecule has 1 rings (SSSR count). The Kier molecular flexibility index (Phi) is 4.24. The van der Waals surface area contributed by atoms with E-state index in [1.165, 1.54) is 25.7 Å². The average molecular weight is 184 g/mol. The first-order valence-corrected chi connectivity index (χ1v) is 5.83. The van der Waals surface area contributed by atoms with Crippen LogP contribution in [0.5, 0.6) is 0 Å². The fraction of sp³-hybridized carbons (Fsp3) is 1.00. The van der Waals surface area contributed by atoms with Gasteiger partial charge in [-0.05, 0) is 37.0 Å². The van der Waals surface area contributed by atoms with Crippen LogP contribution in [0, 0.1) is 17.8 Å². The summed E-state index contributed by atoms with van der Waals surface area (Å²) in [5.74, 6) is 2.25. The van der Waals surface area contributed by atoms with E-state index in [1.807, 2.05) is 0 Å². The maximum absolute atomic E-state index is 9.78. The SMILES string of the molecule is CCC(O)C1CCCC(C(C)C)C1. The molecule has 0 aromatic carbocycles. The first-order valence-electron chi connectivity index (χ1n) is 5.83. The largest absolute Gasteiger partial charge is 0.393 e. The fourth-order valence-electron chi connectivity index (χ4n) is 2.56. The van der Waals surface area contributed by atoms with Crippen LogP contribution in [0.25, 0.3) is 0 Å². The predicted molar refractivity (Wildman–Crippen MR) is 56.6 cm³/mol. The Bertz CT molecular complexity index is 142. The third-order valence-electron chi connectivity index (χ3n) is 3.66. The third-order valence-corrected chi connectivity index (χ3v) is 3.66. The van der Waals surface area contributed by atoms with E-state index in [2.05, 4.69) is 20.8 Å². The van der Waals surface area contributed by atoms with Crippen molar-refractivity contribution in [3.8, 4) is 0 Å². The van der Waals surface area contributed by atoms with Gasteiger partial charge in [0.15, 0.2) is 0 Å². The molecule has 0 amide bonds. The Morgan fingerprint density at radius 3 is 2.38 bits per heavy atom. The van der Waals surface area contributed by atoms with Crippen molar-refractivity contribution in [2.75, 3.05) is 0 Å². The molecule has 0 bridgehead atoms. The second kappa shape index (κ2) is 4.99. The van der Waals surface area contributed by atoms with E-state index >= 15 is 0 Å².